The second-order valence-corrected chi connectivity index (χ2v) is 7.50. The molecule has 28 heavy (non-hydrogen) atoms. The number of carbonyl (C=O) groups excluding carboxylic acids is 1. The third-order valence-electron chi connectivity index (χ3n) is 5.52. The Morgan fingerprint density at radius 2 is 1.75 bits per heavy atom. The van der Waals surface area contributed by atoms with Gasteiger partial charge in [-0.25, -0.2) is 4.39 Å². The Morgan fingerprint density at radius 1 is 1.00 bits per heavy atom. The predicted octanol–water partition coefficient (Wildman–Crippen LogP) is 3.79. The van der Waals surface area contributed by atoms with Crippen LogP contribution >= 0.6 is 11.6 Å². The highest BCUT2D eigenvalue weighted by atomic mass is 35.5. The molecule has 1 aromatic heterocycles. The van der Waals surface area contributed by atoms with Gasteiger partial charge in [-0.1, -0.05) is 11.6 Å². The number of amides is 1. The first-order valence-corrected chi connectivity index (χ1v) is 9.74. The number of aromatic nitrogens is 1. The average molecular weight is 400 g/mol. The fraction of sp³-hybridized carbons (Fsp3) is 0.286. The van der Waals surface area contributed by atoms with Gasteiger partial charge < -0.3 is 19.1 Å². The minimum Gasteiger partial charge on any atom is -0.490 e. The molecule has 3 heterocycles. The lowest BCUT2D eigenvalue weighted by atomic mass is 10.2. The topological polar surface area (TPSA) is 37.7 Å². The fourth-order valence-corrected chi connectivity index (χ4v) is 4.28. The molecule has 0 radical (unpaired) electrons. The van der Waals surface area contributed by atoms with E-state index in [9.17, 15) is 9.18 Å². The number of rotatable bonds is 2. The molecule has 0 bridgehead atoms. The van der Waals surface area contributed by atoms with Crippen molar-refractivity contribution in [3.63, 3.8) is 0 Å². The number of halogens is 2. The Balaban J connectivity index is 1.39. The van der Waals surface area contributed by atoms with E-state index in [0.717, 1.165) is 22.3 Å². The molecule has 0 unspecified atom stereocenters. The Kier molecular flexibility index (Phi) is 4.16. The maximum Gasteiger partial charge on any atom is 0.270 e. The molecule has 3 aromatic rings. The number of hydrogen-bond donors (Lipinski definition) is 0. The van der Waals surface area contributed by atoms with E-state index in [2.05, 4.69) is 4.90 Å². The molecule has 2 aliphatic heterocycles. The maximum absolute atomic E-state index is 13.2. The summed E-state index contributed by atoms with van der Waals surface area (Å²) in [6.45, 7) is 3.84. The van der Waals surface area contributed by atoms with E-state index in [-0.39, 0.29) is 11.7 Å². The molecule has 144 valence electrons. The summed E-state index contributed by atoms with van der Waals surface area (Å²) < 4.78 is 20.9. The molecule has 0 saturated carbocycles. The average Bonchev–Trinajstić information content (AvgIpc) is 3.13. The third-order valence-corrected chi connectivity index (χ3v) is 5.85. The van der Waals surface area contributed by atoms with E-state index >= 15 is 0 Å². The van der Waals surface area contributed by atoms with Gasteiger partial charge >= 0.3 is 0 Å². The van der Waals surface area contributed by atoms with Crippen molar-refractivity contribution in [2.75, 3.05) is 37.7 Å². The standard InChI is InChI=1S/C21H19ClFN3O2/c22-17-5-6-19-20-16(17)13-18(26(20)11-12-28-19)21(27)25-9-7-24(8-10-25)15-3-1-14(23)2-4-15/h1-6,13H,7-12H2. The Morgan fingerprint density at radius 3 is 2.50 bits per heavy atom. The van der Waals surface area contributed by atoms with Gasteiger partial charge in [0.15, 0.2) is 0 Å². The van der Waals surface area contributed by atoms with E-state index in [0.29, 0.717) is 50.0 Å². The van der Waals surface area contributed by atoms with Gasteiger partial charge in [0.05, 0.1) is 17.1 Å². The summed E-state index contributed by atoms with van der Waals surface area (Å²) in [6.07, 6.45) is 0. The maximum atomic E-state index is 13.2. The summed E-state index contributed by atoms with van der Waals surface area (Å²) in [5.74, 6) is 0.540. The lowest BCUT2D eigenvalue weighted by molar-refractivity contribution is 0.0734. The van der Waals surface area contributed by atoms with Gasteiger partial charge in [-0.2, -0.15) is 0 Å². The first kappa shape index (κ1) is 17.4. The van der Waals surface area contributed by atoms with E-state index < -0.39 is 0 Å². The van der Waals surface area contributed by atoms with Gasteiger partial charge in [0.25, 0.3) is 5.91 Å². The molecule has 5 rings (SSSR count). The number of carbonyl (C=O) groups is 1. The molecule has 7 heteroatoms. The van der Waals surface area contributed by atoms with Crippen LogP contribution in [0.1, 0.15) is 10.5 Å². The van der Waals surface area contributed by atoms with Crippen molar-refractivity contribution < 1.29 is 13.9 Å². The summed E-state index contributed by atoms with van der Waals surface area (Å²) in [4.78, 5) is 17.3. The summed E-state index contributed by atoms with van der Waals surface area (Å²) in [7, 11) is 0. The first-order valence-electron chi connectivity index (χ1n) is 9.36. The molecule has 2 aliphatic rings. The number of nitrogens with zero attached hydrogens (tertiary/aromatic N) is 3. The lowest BCUT2D eigenvalue weighted by Gasteiger charge is -2.36. The van der Waals surface area contributed by atoms with Crippen molar-refractivity contribution in [2.45, 2.75) is 6.54 Å². The van der Waals surface area contributed by atoms with Crippen LogP contribution in [-0.2, 0) is 6.54 Å². The van der Waals surface area contributed by atoms with Crippen molar-refractivity contribution in [3.05, 3.63) is 59.0 Å². The zero-order chi connectivity index (χ0) is 19.3. The zero-order valence-corrected chi connectivity index (χ0v) is 16.0. The van der Waals surface area contributed by atoms with Crippen molar-refractivity contribution in [1.29, 1.82) is 0 Å². The van der Waals surface area contributed by atoms with Crippen LogP contribution in [-0.4, -0.2) is 48.2 Å². The van der Waals surface area contributed by atoms with Crippen LogP contribution in [0.4, 0.5) is 10.1 Å². The van der Waals surface area contributed by atoms with Crippen molar-refractivity contribution >= 4 is 34.1 Å². The summed E-state index contributed by atoms with van der Waals surface area (Å²) >= 11 is 6.36. The SMILES string of the molecule is O=C(c1cc2c(Cl)ccc3c2n1CCO3)N1CCN(c2ccc(F)cc2)CC1. The summed E-state index contributed by atoms with van der Waals surface area (Å²) in [5, 5.41) is 1.48. The van der Waals surface area contributed by atoms with E-state index in [1.54, 1.807) is 12.1 Å². The van der Waals surface area contributed by atoms with E-state index in [4.69, 9.17) is 16.3 Å². The number of anilines is 1. The van der Waals surface area contributed by atoms with Gasteiger partial charge in [0.1, 0.15) is 23.9 Å². The van der Waals surface area contributed by atoms with Gasteiger partial charge in [-0.3, -0.25) is 4.79 Å². The van der Waals surface area contributed by atoms with Crippen LogP contribution in [0.5, 0.6) is 5.75 Å². The normalized spacial score (nSPS) is 16.4. The summed E-state index contributed by atoms with van der Waals surface area (Å²) in [6, 6.07) is 12.0. The van der Waals surface area contributed by atoms with E-state index in [1.807, 2.05) is 27.7 Å². The van der Waals surface area contributed by atoms with Crippen LogP contribution in [0.2, 0.25) is 5.02 Å². The number of benzene rings is 2. The quantitative estimate of drug-likeness (QED) is 0.658. The third kappa shape index (κ3) is 2.79. The van der Waals surface area contributed by atoms with Gasteiger partial charge in [-0.15, -0.1) is 0 Å². The minimum absolute atomic E-state index is 0.0128. The van der Waals surface area contributed by atoms with Crippen LogP contribution in [0, 0.1) is 5.82 Å². The Labute approximate surface area is 166 Å². The van der Waals surface area contributed by atoms with Crippen LogP contribution < -0.4 is 9.64 Å². The van der Waals surface area contributed by atoms with Crippen LogP contribution in [0.15, 0.2) is 42.5 Å². The second kappa shape index (κ2) is 6.71. The Bertz CT molecular complexity index is 1060. The zero-order valence-electron chi connectivity index (χ0n) is 15.2. The molecule has 0 atom stereocenters. The van der Waals surface area contributed by atoms with Gasteiger partial charge in [0.2, 0.25) is 0 Å². The molecule has 5 nitrogen and oxygen atoms in total. The number of hydrogen-bond acceptors (Lipinski definition) is 3. The highest BCUT2D eigenvalue weighted by Gasteiger charge is 2.28. The second-order valence-electron chi connectivity index (χ2n) is 7.09. The number of piperazine rings is 1. The van der Waals surface area contributed by atoms with Crippen LogP contribution in [0.25, 0.3) is 10.9 Å². The molecule has 0 spiro atoms. The van der Waals surface area contributed by atoms with Gasteiger partial charge in [-0.05, 0) is 42.5 Å². The molecule has 1 fully saturated rings. The minimum atomic E-state index is -0.242. The van der Waals surface area contributed by atoms with Crippen LogP contribution in [0.3, 0.4) is 0 Å². The Hall–Kier alpha value is -2.73. The highest BCUT2D eigenvalue weighted by molar-refractivity contribution is 6.36. The molecule has 2 aromatic carbocycles. The highest BCUT2D eigenvalue weighted by Crippen LogP contribution is 2.36. The lowest BCUT2D eigenvalue weighted by Crippen LogP contribution is -2.49. The van der Waals surface area contributed by atoms with Crippen molar-refractivity contribution in [2.24, 2.45) is 0 Å². The molecule has 0 aliphatic carbocycles. The molecule has 1 saturated heterocycles. The molecule has 1 amide bonds. The smallest absolute Gasteiger partial charge is 0.270 e. The largest absolute Gasteiger partial charge is 0.490 e. The predicted molar refractivity (Wildman–Crippen MR) is 107 cm³/mol. The fourth-order valence-electron chi connectivity index (χ4n) is 4.07. The first-order chi connectivity index (χ1) is 13.6. The van der Waals surface area contributed by atoms with E-state index in [1.165, 1.54) is 12.1 Å². The van der Waals surface area contributed by atoms with Crippen molar-refractivity contribution in [3.8, 4) is 5.75 Å². The summed E-state index contributed by atoms with van der Waals surface area (Å²) in [5.41, 5.74) is 2.53. The monoisotopic (exact) mass is 399 g/mol. The van der Waals surface area contributed by atoms with Crippen molar-refractivity contribution in [1.82, 2.24) is 9.47 Å². The molecular formula is C21H19ClFN3O2. The number of ether oxygens (including phenoxy) is 1. The molecular weight excluding hydrogens is 381 g/mol. The molecule has 0 N–H and O–H groups in total. The van der Waals surface area contributed by atoms with Gasteiger partial charge in [0, 0.05) is 37.3 Å².